The molecule has 0 aliphatic carbocycles. The van der Waals surface area contributed by atoms with Crippen molar-refractivity contribution in [2.75, 3.05) is 6.54 Å². The van der Waals surface area contributed by atoms with Crippen molar-refractivity contribution in [3.05, 3.63) is 101 Å². The van der Waals surface area contributed by atoms with Crippen molar-refractivity contribution < 1.29 is 18.4 Å². The first-order valence-electron chi connectivity index (χ1n) is 9.03. The number of hydrogen-bond donors (Lipinski definition) is 2. The molecule has 1 heterocycles. The minimum absolute atomic E-state index is 0.0152. The lowest BCUT2D eigenvalue weighted by Crippen LogP contribution is -2.27. The lowest BCUT2D eigenvalue weighted by molar-refractivity contribution is 0.0945. The summed E-state index contributed by atoms with van der Waals surface area (Å²) >= 11 is 0. The predicted octanol–water partition coefficient (Wildman–Crippen LogP) is 3.26. The first-order chi connectivity index (χ1) is 14.0. The zero-order valence-corrected chi connectivity index (χ0v) is 15.5. The number of hydrogen-bond acceptors (Lipinski definition) is 3. The maximum Gasteiger partial charge on any atom is 0.270 e. The van der Waals surface area contributed by atoms with Gasteiger partial charge in [0.25, 0.3) is 11.8 Å². The van der Waals surface area contributed by atoms with Crippen LogP contribution in [-0.4, -0.2) is 23.3 Å². The Morgan fingerprint density at radius 1 is 0.897 bits per heavy atom. The Morgan fingerprint density at radius 2 is 1.66 bits per heavy atom. The van der Waals surface area contributed by atoms with Crippen LogP contribution >= 0.6 is 0 Å². The Morgan fingerprint density at radius 3 is 2.41 bits per heavy atom. The van der Waals surface area contributed by atoms with E-state index in [1.165, 1.54) is 36.5 Å². The molecule has 1 aromatic heterocycles. The highest BCUT2D eigenvalue weighted by molar-refractivity contribution is 5.98. The van der Waals surface area contributed by atoms with Crippen LogP contribution in [0.15, 0.2) is 66.9 Å². The second-order valence-electron chi connectivity index (χ2n) is 6.34. The van der Waals surface area contributed by atoms with Crippen LogP contribution in [0.25, 0.3) is 0 Å². The quantitative estimate of drug-likeness (QED) is 0.645. The molecular formula is C22H19F2N3O2. The van der Waals surface area contributed by atoms with E-state index in [-0.39, 0.29) is 29.5 Å². The molecule has 0 saturated heterocycles. The van der Waals surface area contributed by atoms with Gasteiger partial charge in [-0.3, -0.25) is 14.6 Å². The van der Waals surface area contributed by atoms with Gasteiger partial charge in [0.1, 0.15) is 17.3 Å². The van der Waals surface area contributed by atoms with Gasteiger partial charge in [0.2, 0.25) is 0 Å². The molecule has 0 unspecified atom stereocenters. The summed E-state index contributed by atoms with van der Waals surface area (Å²) in [5, 5.41) is 5.34. The largest absolute Gasteiger partial charge is 0.352 e. The van der Waals surface area contributed by atoms with E-state index < -0.39 is 11.7 Å². The molecule has 7 heteroatoms. The Hall–Kier alpha value is -3.61. The number of halogens is 2. The zero-order valence-electron chi connectivity index (χ0n) is 15.5. The molecule has 148 valence electrons. The van der Waals surface area contributed by atoms with Gasteiger partial charge in [-0.1, -0.05) is 30.3 Å². The van der Waals surface area contributed by atoms with Gasteiger partial charge in [0.15, 0.2) is 0 Å². The number of benzene rings is 2. The monoisotopic (exact) mass is 395 g/mol. The summed E-state index contributed by atoms with van der Waals surface area (Å²) in [7, 11) is 0. The fraction of sp³-hybridized carbons (Fsp3) is 0.136. The van der Waals surface area contributed by atoms with Crippen LogP contribution in [0.1, 0.15) is 32.0 Å². The maximum absolute atomic E-state index is 13.6. The Labute approximate surface area is 166 Å². The average Bonchev–Trinajstić information content (AvgIpc) is 2.74. The van der Waals surface area contributed by atoms with Gasteiger partial charge in [0, 0.05) is 30.4 Å². The van der Waals surface area contributed by atoms with Gasteiger partial charge in [-0.25, -0.2) is 8.78 Å². The Balaban J connectivity index is 1.55. The van der Waals surface area contributed by atoms with Gasteiger partial charge >= 0.3 is 0 Å². The molecular weight excluding hydrogens is 376 g/mol. The van der Waals surface area contributed by atoms with Crippen LogP contribution in [0.2, 0.25) is 0 Å². The molecule has 29 heavy (non-hydrogen) atoms. The molecule has 0 fully saturated rings. The molecule has 0 atom stereocenters. The van der Waals surface area contributed by atoms with E-state index in [0.717, 1.165) is 5.56 Å². The summed E-state index contributed by atoms with van der Waals surface area (Å²) in [5.74, 6) is -1.57. The summed E-state index contributed by atoms with van der Waals surface area (Å²) in [6.45, 7) is 0.378. The molecule has 0 aliphatic rings. The molecule has 2 N–H and O–H groups in total. The fourth-order valence-corrected chi connectivity index (χ4v) is 2.68. The summed E-state index contributed by atoms with van der Waals surface area (Å²) in [6.07, 6.45) is 1.92. The minimum Gasteiger partial charge on any atom is -0.352 e. The molecule has 0 bridgehead atoms. The smallest absolute Gasteiger partial charge is 0.270 e. The highest BCUT2D eigenvalue weighted by Gasteiger charge is 2.12. The molecule has 3 aromatic rings. The van der Waals surface area contributed by atoms with E-state index in [4.69, 9.17) is 0 Å². The summed E-state index contributed by atoms with van der Waals surface area (Å²) in [4.78, 5) is 28.6. The highest BCUT2D eigenvalue weighted by atomic mass is 19.1. The highest BCUT2D eigenvalue weighted by Crippen LogP contribution is 2.07. The minimum atomic E-state index is -0.505. The summed E-state index contributed by atoms with van der Waals surface area (Å²) in [6, 6.07) is 15.1. The number of amides is 2. The van der Waals surface area contributed by atoms with Gasteiger partial charge in [0.05, 0.1) is 0 Å². The Kier molecular flexibility index (Phi) is 6.63. The van der Waals surface area contributed by atoms with Crippen LogP contribution in [0.5, 0.6) is 0 Å². The number of nitrogens with one attached hydrogen (secondary N) is 2. The molecule has 5 nitrogen and oxygen atoms in total. The van der Waals surface area contributed by atoms with E-state index in [9.17, 15) is 18.4 Å². The zero-order chi connectivity index (χ0) is 20.6. The van der Waals surface area contributed by atoms with Crippen LogP contribution < -0.4 is 10.6 Å². The third kappa shape index (κ3) is 5.68. The lowest BCUT2D eigenvalue weighted by atomic mass is 10.1. The van der Waals surface area contributed by atoms with Gasteiger partial charge in [-0.15, -0.1) is 0 Å². The first kappa shape index (κ1) is 20.1. The number of nitrogens with zero attached hydrogens (tertiary/aromatic N) is 1. The van der Waals surface area contributed by atoms with Crippen molar-refractivity contribution in [3.8, 4) is 0 Å². The summed E-state index contributed by atoms with van der Waals surface area (Å²) < 4.78 is 26.5. The second-order valence-corrected chi connectivity index (χ2v) is 6.34. The van der Waals surface area contributed by atoms with E-state index in [2.05, 4.69) is 15.6 Å². The predicted molar refractivity (Wildman–Crippen MR) is 104 cm³/mol. The van der Waals surface area contributed by atoms with E-state index in [1.807, 2.05) is 0 Å². The van der Waals surface area contributed by atoms with Crippen molar-refractivity contribution in [3.63, 3.8) is 0 Å². The number of pyridine rings is 1. The molecule has 0 saturated carbocycles. The SMILES string of the molecule is O=C(NCCc1ccc(F)cc1)c1ccnc(C(=O)NCc2ccccc2F)c1. The van der Waals surface area contributed by atoms with Crippen LogP contribution in [0.3, 0.4) is 0 Å². The second kappa shape index (κ2) is 9.54. The van der Waals surface area contributed by atoms with Crippen molar-refractivity contribution in [1.82, 2.24) is 15.6 Å². The number of carbonyl (C=O) groups is 2. The summed E-state index contributed by atoms with van der Waals surface area (Å²) in [5.41, 5.74) is 1.60. The topological polar surface area (TPSA) is 71.1 Å². The average molecular weight is 395 g/mol. The molecule has 2 amide bonds. The van der Waals surface area contributed by atoms with E-state index in [1.54, 1.807) is 30.3 Å². The van der Waals surface area contributed by atoms with Crippen molar-refractivity contribution in [2.24, 2.45) is 0 Å². The van der Waals surface area contributed by atoms with Crippen molar-refractivity contribution in [1.29, 1.82) is 0 Å². The maximum atomic E-state index is 13.6. The molecule has 2 aromatic carbocycles. The number of rotatable bonds is 7. The molecule has 0 radical (unpaired) electrons. The van der Waals surface area contributed by atoms with Crippen LogP contribution in [-0.2, 0) is 13.0 Å². The number of carbonyl (C=O) groups excluding carboxylic acids is 2. The fourth-order valence-electron chi connectivity index (χ4n) is 2.68. The molecule has 0 aliphatic heterocycles. The third-order valence-corrected chi connectivity index (χ3v) is 4.26. The normalized spacial score (nSPS) is 10.4. The molecule has 3 rings (SSSR count). The van der Waals surface area contributed by atoms with E-state index in [0.29, 0.717) is 18.5 Å². The Bertz CT molecular complexity index is 1010. The first-order valence-corrected chi connectivity index (χ1v) is 9.03. The standard InChI is InChI=1S/C22H19F2N3O2/c23-18-7-5-15(6-8-18)9-11-26-21(28)16-10-12-25-20(13-16)22(29)27-14-17-3-1-2-4-19(17)24/h1-8,10,12-13H,9,11,14H2,(H,26,28)(H,27,29). The van der Waals surface area contributed by atoms with Crippen molar-refractivity contribution >= 4 is 11.8 Å². The number of aromatic nitrogens is 1. The van der Waals surface area contributed by atoms with Gasteiger partial charge in [-0.05, 0) is 42.3 Å². The van der Waals surface area contributed by atoms with Crippen LogP contribution in [0.4, 0.5) is 8.78 Å². The van der Waals surface area contributed by atoms with Crippen LogP contribution in [0, 0.1) is 11.6 Å². The third-order valence-electron chi connectivity index (χ3n) is 4.26. The van der Waals surface area contributed by atoms with E-state index >= 15 is 0 Å². The van der Waals surface area contributed by atoms with Gasteiger partial charge < -0.3 is 10.6 Å². The molecule has 0 spiro atoms. The van der Waals surface area contributed by atoms with Gasteiger partial charge in [-0.2, -0.15) is 0 Å². The lowest BCUT2D eigenvalue weighted by Gasteiger charge is -2.08. The van der Waals surface area contributed by atoms with Crippen molar-refractivity contribution in [2.45, 2.75) is 13.0 Å².